The van der Waals surface area contributed by atoms with E-state index < -0.39 is 14.4 Å². The van der Waals surface area contributed by atoms with Crippen LogP contribution in [-0.2, 0) is 9.59 Å². The molecule has 2 atom stereocenters. The fourth-order valence-corrected chi connectivity index (χ4v) is 7.36. The topological polar surface area (TPSA) is 88.6 Å². The molecular weight excluding hydrogens is 539 g/mol. The summed E-state index contributed by atoms with van der Waals surface area (Å²) in [6.45, 7) is 13.3. The summed E-state index contributed by atoms with van der Waals surface area (Å²) in [6.07, 6.45) is 8.41. The fraction of sp³-hybridized carbons (Fsp3) is 0.581. The summed E-state index contributed by atoms with van der Waals surface area (Å²) in [5.41, 5.74) is 0.935. The minimum Gasteiger partial charge on any atom is -0.543 e. The van der Waals surface area contributed by atoms with E-state index in [-0.39, 0.29) is 34.6 Å². The molecule has 2 fully saturated rings. The van der Waals surface area contributed by atoms with Crippen LogP contribution in [0.4, 0.5) is 0 Å². The number of aromatic nitrogens is 1. The van der Waals surface area contributed by atoms with Crippen molar-refractivity contribution in [2.75, 3.05) is 6.54 Å². The van der Waals surface area contributed by atoms with Crippen molar-refractivity contribution in [1.82, 2.24) is 15.2 Å². The van der Waals surface area contributed by atoms with Crippen LogP contribution in [-0.4, -0.2) is 48.4 Å². The van der Waals surface area contributed by atoms with Gasteiger partial charge in [-0.3, -0.25) is 14.4 Å². The molecule has 1 aromatic heterocycles. The summed E-state index contributed by atoms with van der Waals surface area (Å²) in [6, 6.07) is 6.68. The molecule has 4 rings (SSSR count). The second-order valence-corrected chi connectivity index (χ2v) is 18.3. The lowest BCUT2D eigenvalue weighted by Crippen LogP contribution is -2.52. The van der Waals surface area contributed by atoms with Crippen molar-refractivity contribution in [3.63, 3.8) is 0 Å². The number of nitrogens with one attached hydrogen (secondary N) is 1. The van der Waals surface area contributed by atoms with Crippen molar-refractivity contribution in [2.24, 2.45) is 5.92 Å². The van der Waals surface area contributed by atoms with Gasteiger partial charge in [0.25, 0.3) is 0 Å². The molecule has 1 N–H and O–H groups in total. The molecule has 1 saturated carbocycles. The zero-order valence-electron chi connectivity index (χ0n) is 24.8. The quantitative estimate of drug-likeness (QED) is 0.262. The van der Waals surface area contributed by atoms with Gasteiger partial charge in [0.1, 0.15) is 22.5 Å². The fourth-order valence-electron chi connectivity index (χ4n) is 5.39. The highest BCUT2D eigenvalue weighted by Gasteiger charge is 2.40. The van der Waals surface area contributed by atoms with Crippen LogP contribution in [0.2, 0.25) is 18.1 Å². The maximum absolute atomic E-state index is 13.9. The molecule has 7 nitrogen and oxygen atoms in total. The van der Waals surface area contributed by atoms with E-state index in [1.54, 1.807) is 18.4 Å². The first-order valence-electron chi connectivity index (χ1n) is 14.6. The molecule has 9 heteroatoms. The highest BCUT2D eigenvalue weighted by atomic mass is 32.1. The van der Waals surface area contributed by atoms with Crippen LogP contribution in [0.15, 0.2) is 29.6 Å². The average Bonchev–Trinajstić information content (AvgIpc) is 3.60. The molecule has 1 aliphatic heterocycles. The zero-order chi connectivity index (χ0) is 29.1. The molecule has 2 amide bonds. The second-order valence-electron chi connectivity index (χ2n) is 12.7. The highest BCUT2D eigenvalue weighted by Crippen LogP contribution is 2.38. The number of likely N-dealkylation sites (tertiary alicyclic amines) is 1. The van der Waals surface area contributed by atoms with Crippen LogP contribution < -0.4 is 9.74 Å². The molecule has 2 heterocycles. The molecule has 2 aromatic rings. The van der Waals surface area contributed by atoms with Gasteiger partial charge in [-0.15, -0.1) is 11.3 Å². The van der Waals surface area contributed by atoms with Crippen molar-refractivity contribution < 1.29 is 18.8 Å². The van der Waals surface area contributed by atoms with Gasteiger partial charge in [0.15, 0.2) is 0 Å². The van der Waals surface area contributed by atoms with Crippen LogP contribution in [0.1, 0.15) is 99.7 Å². The number of rotatable bonds is 9. The van der Waals surface area contributed by atoms with Crippen LogP contribution in [0.25, 0.3) is 0 Å². The molecule has 1 saturated heterocycles. The minimum absolute atomic E-state index is 0.0249. The van der Waals surface area contributed by atoms with Gasteiger partial charge in [0, 0.05) is 23.9 Å². The Bertz CT molecular complexity index is 1220. The molecule has 0 spiro atoms. The predicted octanol–water partition coefficient (Wildman–Crippen LogP) is 6.71. The Labute approximate surface area is 244 Å². The van der Waals surface area contributed by atoms with Crippen molar-refractivity contribution in [2.45, 2.75) is 103 Å². The Morgan fingerprint density at radius 2 is 1.85 bits per heavy atom. The maximum atomic E-state index is 13.9. The number of carbonyl (C=O) groups is 3. The van der Waals surface area contributed by atoms with Gasteiger partial charge in [-0.1, -0.05) is 59.1 Å². The SMILES string of the molecule is C[CH]C(=O)N[C@H](C(=O)N1CCC[C@H]1c1nc(C(=O)c2cccc(O[Si](C)(C)C(C)(C)C)c2)cs1)C1CCCCC1. The third-order valence-electron chi connectivity index (χ3n) is 8.80. The van der Waals surface area contributed by atoms with Crippen molar-refractivity contribution in [3.05, 3.63) is 52.3 Å². The number of ketones is 1. The van der Waals surface area contributed by atoms with Crippen LogP contribution in [0.5, 0.6) is 5.75 Å². The van der Waals surface area contributed by atoms with E-state index in [2.05, 4.69) is 39.2 Å². The first kappa shape index (κ1) is 30.4. The smallest absolute Gasteiger partial charge is 0.250 e. The maximum Gasteiger partial charge on any atom is 0.250 e. The molecule has 2 aliphatic rings. The molecule has 217 valence electrons. The summed E-state index contributed by atoms with van der Waals surface area (Å²) in [7, 11) is -2.04. The number of carbonyl (C=O) groups excluding carboxylic acids is 3. The molecule has 0 unspecified atom stereocenters. The summed E-state index contributed by atoms with van der Waals surface area (Å²) < 4.78 is 6.42. The minimum atomic E-state index is -2.04. The molecular formula is C31H44N3O4SSi. The summed E-state index contributed by atoms with van der Waals surface area (Å²) >= 11 is 1.43. The number of hydrogen-bond acceptors (Lipinski definition) is 6. The van der Waals surface area contributed by atoms with E-state index >= 15 is 0 Å². The van der Waals surface area contributed by atoms with Crippen molar-refractivity contribution >= 4 is 37.3 Å². The van der Waals surface area contributed by atoms with Gasteiger partial charge in [-0.2, -0.15) is 0 Å². The van der Waals surface area contributed by atoms with Gasteiger partial charge < -0.3 is 14.6 Å². The van der Waals surface area contributed by atoms with Gasteiger partial charge in [-0.25, -0.2) is 4.98 Å². The average molecular weight is 583 g/mol. The Morgan fingerprint density at radius 1 is 1.12 bits per heavy atom. The normalized spacial score (nSPS) is 19.4. The van der Waals surface area contributed by atoms with E-state index in [1.165, 1.54) is 24.2 Å². The van der Waals surface area contributed by atoms with Gasteiger partial charge in [-0.05, 0) is 61.9 Å². The van der Waals surface area contributed by atoms with E-state index in [0.29, 0.717) is 23.6 Å². The third-order valence-corrected chi connectivity index (χ3v) is 14.1. The van der Waals surface area contributed by atoms with E-state index in [4.69, 9.17) is 9.41 Å². The molecule has 1 aliphatic carbocycles. The Kier molecular flexibility index (Phi) is 9.55. The molecule has 0 bridgehead atoms. The lowest BCUT2D eigenvalue weighted by Gasteiger charge is -2.36. The van der Waals surface area contributed by atoms with Crippen LogP contribution in [0.3, 0.4) is 0 Å². The molecule has 40 heavy (non-hydrogen) atoms. The van der Waals surface area contributed by atoms with E-state index in [0.717, 1.165) is 43.5 Å². The van der Waals surface area contributed by atoms with Crippen LogP contribution >= 0.6 is 11.3 Å². The second kappa shape index (κ2) is 12.6. The van der Waals surface area contributed by atoms with Crippen LogP contribution in [0, 0.1) is 12.3 Å². The van der Waals surface area contributed by atoms with E-state index in [1.807, 2.05) is 23.1 Å². The largest absolute Gasteiger partial charge is 0.543 e. The summed E-state index contributed by atoms with van der Waals surface area (Å²) in [5, 5.41) is 5.62. The Hall–Kier alpha value is -2.52. The Balaban J connectivity index is 1.51. The number of benzene rings is 1. The highest BCUT2D eigenvalue weighted by molar-refractivity contribution is 7.10. The first-order chi connectivity index (χ1) is 18.9. The first-order valence-corrected chi connectivity index (χ1v) is 18.4. The zero-order valence-corrected chi connectivity index (χ0v) is 26.6. The lowest BCUT2D eigenvalue weighted by atomic mass is 9.83. The Morgan fingerprint density at radius 3 is 2.52 bits per heavy atom. The van der Waals surface area contributed by atoms with Gasteiger partial charge >= 0.3 is 0 Å². The van der Waals surface area contributed by atoms with Gasteiger partial charge in [0.2, 0.25) is 25.9 Å². The summed E-state index contributed by atoms with van der Waals surface area (Å²) in [4.78, 5) is 46.2. The molecule has 1 aromatic carbocycles. The lowest BCUT2D eigenvalue weighted by molar-refractivity contribution is -0.138. The number of nitrogens with zero attached hydrogens (tertiary/aromatic N) is 2. The van der Waals surface area contributed by atoms with Gasteiger partial charge in [0.05, 0.1) is 6.04 Å². The van der Waals surface area contributed by atoms with Crippen molar-refractivity contribution in [1.29, 1.82) is 0 Å². The van der Waals surface area contributed by atoms with Crippen molar-refractivity contribution in [3.8, 4) is 5.75 Å². The molecule has 1 radical (unpaired) electrons. The monoisotopic (exact) mass is 582 g/mol. The number of thiazole rings is 1. The standard InChI is InChI=1S/C31H44N3O4SSi/c1-7-26(35)33-27(21-13-9-8-10-14-21)30(37)34-18-12-17-25(34)29-32-24(20-39-29)28(36)22-15-11-16-23(19-22)38-40(5,6)31(2,3)4/h7,11,15-16,19-21,25,27H,8-10,12-14,17-18H2,1-6H3,(H,33,35)/t25-,27-/m0/s1. The third kappa shape index (κ3) is 6.85. The van der Waals surface area contributed by atoms with E-state index in [9.17, 15) is 14.4 Å². The number of amides is 2. The number of hydrogen-bond donors (Lipinski definition) is 1. The predicted molar refractivity (Wildman–Crippen MR) is 162 cm³/mol. The summed E-state index contributed by atoms with van der Waals surface area (Å²) in [5.74, 6) is 0.482.